The highest BCUT2D eigenvalue weighted by atomic mass is 15.0. The summed E-state index contributed by atoms with van der Waals surface area (Å²) in [5, 5.41) is 1.26. The zero-order chi connectivity index (χ0) is 18.1. The normalized spacial score (nSPS) is 11.5. The van der Waals surface area contributed by atoms with Gasteiger partial charge in [-0.15, -0.1) is 0 Å². The zero-order valence-electron chi connectivity index (χ0n) is 15.5. The van der Waals surface area contributed by atoms with E-state index in [9.17, 15) is 0 Å². The molecule has 0 aliphatic carbocycles. The van der Waals surface area contributed by atoms with Gasteiger partial charge >= 0.3 is 0 Å². The number of aryl methyl sites for hydroxylation is 2. The molecule has 2 aromatic heterocycles. The number of hydrogen-bond acceptors (Lipinski definition) is 0. The van der Waals surface area contributed by atoms with Crippen LogP contribution in [0.4, 0.5) is 0 Å². The van der Waals surface area contributed by atoms with Gasteiger partial charge in [-0.1, -0.05) is 30.3 Å². The molecule has 2 heterocycles. The van der Waals surface area contributed by atoms with Gasteiger partial charge < -0.3 is 4.57 Å². The van der Waals surface area contributed by atoms with Crippen LogP contribution in [-0.2, 0) is 7.05 Å². The fourth-order valence-electron chi connectivity index (χ4n) is 3.63. The van der Waals surface area contributed by atoms with Gasteiger partial charge in [0.25, 0.3) is 0 Å². The van der Waals surface area contributed by atoms with E-state index in [4.69, 9.17) is 0 Å². The van der Waals surface area contributed by atoms with Crippen LogP contribution in [0.1, 0.15) is 22.6 Å². The first-order valence-corrected chi connectivity index (χ1v) is 8.95. The Balaban J connectivity index is 1.73. The smallest absolute Gasteiger partial charge is 0.212 e. The van der Waals surface area contributed by atoms with Crippen LogP contribution in [0.25, 0.3) is 28.7 Å². The molecule has 0 bridgehead atoms. The maximum atomic E-state index is 2.31. The van der Waals surface area contributed by atoms with Crippen molar-refractivity contribution in [2.24, 2.45) is 7.05 Å². The Morgan fingerprint density at radius 2 is 1.54 bits per heavy atom. The van der Waals surface area contributed by atoms with Crippen LogP contribution >= 0.6 is 0 Å². The van der Waals surface area contributed by atoms with Crippen LogP contribution in [0.3, 0.4) is 0 Å². The van der Waals surface area contributed by atoms with Crippen molar-refractivity contribution >= 4 is 23.1 Å². The van der Waals surface area contributed by atoms with Gasteiger partial charge in [0.1, 0.15) is 7.05 Å². The van der Waals surface area contributed by atoms with Crippen LogP contribution in [0.15, 0.2) is 72.8 Å². The SMILES string of the molecule is Cc1cc(C=Cc2ccc3ccccc3[n+]2C)c(C)n1-c1ccccc1. The highest BCUT2D eigenvalue weighted by molar-refractivity contribution is 5.77. The molecule has 0 aliphatic rings. The Morgan fingerprint density at radius 1 is 0.808 bits per heavy atom. The van der Waals surface area contributed by atoms with Gasteiger partial charge in [0.05, 0.1) is 0 Å². The second-order valence-electron chi connectivity index (χ2n) is 6.71. The number of para-hydroxylation sites is 2. The van der Waals surface area contributed by atoms with E-state index in [1.54, 1.807) is 0 Å². The number of aromatic nitrogens is 2. The third-order valence-corrected chi connectivity index (χ3v) is 5.04. The molecule has 0 unspecified atom stereocenters. The molecule has 0 fully saturated rings. The molecule has 4 rings (SSSR count). The summed E-state index contributed by atoms with van der Waals surface area (Å²) >= 11 is 0. The van der Waals surface area contributed by atoms with E-state index in [0.29, 0.717) is 0 Å². The van der Waals surface area contributed by atoms with Crippen molar-refractivity contribution in [1.82, 2.24) is 4.57 Å². The number of benzene rings is 2. The van der Waals surface area contributed by atoms with Crippen LogP contribution in [-0.4, -0.2) is 4.57 Å². The van der Waals surface area contributed by atoms with Crippen LogP contribution < -0.4 is 4.57 Å². The third kappa shape index (κ3) is 2.84. The maximum absolute atomic E-state index is 2.31. The largest absolute Gasteiger partial charge is 0.318 e. The summed E-state index contributed by atoms with van der Waals surface area (Å²) in [6, 6.07) is 25.6. The van der Waals surface area contributed by atoms with E-state index in [2.05, 4.69) is 115 Å². The van der Waals surface area contributed by atoms with Crippen molar-refractivity contribution in [3.05, 3.63) is 95.4 Å². The minimum Gasteiger partial charge on any atom is -0.318 e. The Bertz CT molecular complexity index is 1100. The molecule has 0 spiro atoms. The Hall–Kier alpha value is -3.13. The fraction of sp³-hybridized carbons (Fsp3) is 0.125. The van der Waals surface area contributed by atoms with Crippen LogP contribution in [0.2, 0.25) is 0 Å². The average Bonchev–Trinajstić information content (AvgIpc) is 2.95. The molecule has 0 N–H and O–H groups in total. The lowest BCUT2D eigenvalue weighted by Crippen LogP contribution is -2.32. The highest BCUT2D eigenvalue weighted by Gasteiger charge is 2.11. The van der Waals surface area contributed by atoms with E-state index in [-0.39, 0.29) is 0 Å². The van der Waals surface area contributed by atoms with Crippen molar-refractivity contribution < 1.29 is 4.57 Å². The first kappa shape index (κ1) is 16.3. The first-order chi connectivity index (χ1) is 12.6. The quantitative estimate of drug-likeness (QED) is 0.451. The Morgan fingerprint density at radius 3 is 2.35 bits per heavy atom. The molecule has 2 aromatic carbocycles. The number of hydrogen-bond donors (Lipinski definition) is 0. The lowest BCUT2D eigenvalue weighted by atomic mass is 10.1. The van der Waals surface area contributed by atoms with Crippen molar-refractivity contribution in [3.8, 4) is 5.69 Å². The summed E-state index contributed by atoms with van der Waals surface area (Å²) < 4.78 is 4.54. The zero-order valence-corrected chi connectivity index (χ0v) is 15.5. The minimum absolute atomic E-state index is 1.19. The monoisotopic (exact) mass is 339 g/mol. The third-order valence-electron chi connectivity index (χ3n) is 5.04. The molecule has 0 saturated carbocycles. The number of pyridine rings is 1. The molecule has 4 aromatic rings. The van der Waals surface area contributed by atoms with Crippen LogP contribution in [0, 0.1) is 13.8 Å². The molecule has 2 heteroatoms. The van der Waals surface area contributed by atoms with Crippen molar-refractivity contribution in [1.29, 1.82) is 0 Å². The fourth-order valence-corrected chi connectivity index (χ4v) is 3.63. The lowest BCUT2D eigenvalue weighted by molar-refractivity contribution is -0.646. The molecule has 0 aliphatic heterocycles. The topological polar surface area (TPSA) is 8.81 Å². The van der Waals surface area contributed by atoms with Gasteiger partial charge in [-0.2, -0.15) is 4.57 Å². The first-order valence-electron chi connectivity index (χ1n) is 8.95. The summed E-state index contributed by atoms with van der Waals surface area (Å²) in [5.41, 5.74) is 7.39. The summed E-state index contributed by atoms with van der Waals surface area (Å²) in [6.45, 7) is 4.34. The number of fused-ring (bicyclic) bond motifs is 1. The number of rotatable bonds is 3. The van der Waals surface area contributed by atoms with Gasteiger partial charge in [0, 0.05) is 40.7 Å². The van der Waals surface area contributed by atoms with E-state index in [1.807, 2.05) is 0 Å². The summed E-state index contributed by atoms with van der Waals surface area (Å²) in [5.74, 6) is 0. The van der Waals surface area contributed by atoms with Gasteiger partial charge in [-0.3, -0.25) is 0 Å². The van der Waals surface area contributed by atoms with E-state index in [0.717, 1.165) is 0 Å². The predicted octanol–water partition coefficient (Wildman–Crippen LogP) is 5.24. The van der Waals surface area contributed by atoms with Crippen molar-refractivity contribution in [2.75, 3.05) is 0 Å². The lowest BCUT2D eigenvalue weighted by Gasteiger charge is -2.09. The molecular weight excluding hydrogens is 316 g/mol. The average molecular weight is 339 g/mol. The molecule has 26 heavy (non-hydrogen) atoms. The second-order valence-corrected chi connectivity index (χ2v) is 6.71. The standard InChI is InChI=1S/C24H23N2/c1-18-17-21(19(2)26(18)23-10-5-4-6-11-23)14-16-22-15-13-20-9-7-8-12-24(20)25(22)3/h4-17H,1-3H3/q+1. The predicted molar refractivity (Wildman–Crippen MR) is 109 cm³/mol. The van der Waals surface area contributed by atoms with Gasteiger partial charge in [0.15, 0.2) is 0 Å². The van der Waals surface area contributed by atoms with Gasteiger partial charge in [-0.25, -0.2) is 0 Å². The highest BCUT2D eigenvalue weighted by Crippen LogP contribution is 2.22. The van der Waals surface area contributed by atoms with E-state index < -0.39 is 0 Å². The van der Waals surface area contributed by atoms with Crippen molar-refractivity contribution in [3.63, 3.8) is 0 Å². The molecule has 2 nitrogen and oxygen atoms in total. The molecule has 0 saturated heterocycles. The van der Waals surface area contributed by atoms with E-state index in [1.165, 1.54) is 39.2 Å². The summed E-state index contributed by atoms with van der Waals surface area (Å²) in [7, 11) is 2.12. The minimum atomic E-state index is 1.19. The van der Waals surface area contributed by atoms with Crippen molar-refractivity contribution in [2.45, 2.75) is 13.8 Å². The van der Waals surface area contributed by atoms with E-state index >= 15 is 0 Å². The van der Waals surface area contributed by atoms with Crippen LogP contribution in [0.5, 0.6) is 0 Å². The molecule has 128 valence electrons. The molecule has 0 radical (unpaired) electrons. The maximum Gasteiger partial charge on any atom is 0.212 e. The summed E-state index contributed by atoms with van der Waals surface area (Å²) in [4.78, 5) is 0. The second kappa shape index (κ2) is 6.64. The van der Waals surface area contributed by atoms with Gasteiger partial charge in [-0.05, 0) is 55.8 Å². The Kier molecular flexibility index (Phi) is 4.18. The molecule has 0 amide bonds. The summed E-state index contributed by atoms with van der Waals surface area (Å²) in [6.07, 6.45) is 4.41. The Labute approximate surface area is 154 Å². The number of nitrogens with zero attached hydrogens (tertiary/aromatic N) is 2. The molecular formula is C24H23N2+. The van der Waals surface area contributed by atoms with Gasteiger partial charge in [0.2, 0.25) is 11.2 Å². The molecule has 0 atom stereocenters.